The van der Waals surface area contributed by atoms with E-state index in [1.807, 2.05) is 60.7 Å². The maximum atomic E-state index is 7.05. The molecule has 0 saturated heterocycles. The van der Waals surface area contributed by atoms with Crippen molar-refractivity contribution in [2.75, 3.05) is 0 Å². The van der Waals surface area contributed by atoms with Crippen molar-refractivity contribution in [3.63, 3.8) is 0 Å². The van der Waals surface area contributed by atoms with Crippen LogP contribution in [0.25, 0.3) is 149 Å². The normalized spacial score (nSPS) is 12.2. The van der Waals surface area contributed by atoms with Crippen molar-refractivity contribution in [1.82, 2.24) is 19.5 Å². The van der Waals surface area contributed by atoms with Crippen molar-refractivity contribution >= 4 is 109 Å². The molecule has 66 heavy (non-hydrogen) atoms. The van der Waals surface area contributed by atoms with E-state index in [0.29, 0.717) is 17.5 Å². The minimum absolute atomic E-state index is 0.526. The summed E-state index contributed by atoms with van der Waals surface area (Å²) in [5, 5.41) is 12.8. The molecule has 0 unspecified atom stereocenters. The average molecular weight is 845 g/mol. The molecule has 10 aromatic carbocycles. The van der Waals surface area contributed by atoms with Crippen molar-refractivity contribution in [3.8, 4) is 39.9 Å². The Morgan fingerprint density at radius 2 is 0.879 bits per heavy atom. The number of aromatic nitrogens is 4. The van der Waals surface area contributed by atoms with Crippen molar-refractivity contribution in [2.45, 2.75) is 0 Å². The lowest BCUT2D eigenvalue weighted by Gasteiger charge is -2.13. The Kier molecular flexibility index (Phi) is 7.10. The van der Waals surface area contributed by atoms with Gasteiger partial charge in [-0.1, -0.05) is 109 Å². The van der Waals surface area contributed by atoms with Gasteiger partial charge in [0.1, 0.15) is 33.5 Å². The number of furan rings is 3. The van der Waals surface area contributed by atoms with Gasteiger partial charge in [-0.05, 0) is 95.0 Å². The van der Waals surface area contributed by atoms with Crippen LogP contribution >= 0.6 is 0 Å². The summed E-state index contributed by atoms with van der Waals surface area (Å²) in [5.41, 5.74) is 10.5. The number of hydrogen-bond acceptors (Lipinski definition) is 6. The number of para-hydroxylation sites is 3. The van der Waals surface area contributed by atoms with Gasteiger partial charge in [-0.15, -0.1) is 0 Å². The van der Waals surface area contributed by atoms with Crippen LogP contribution in [0.15, 0.2) is 207 Å². The van der Waals surface area contributed by atoms with Crippen molar-refractivity contribution < 1.29 is 13.3 Å². The molecule has 15 aromatic rings. The van der Waals surface area contributed by atoms with Crippen LogP contribution in [-0.4, -0.2) is 19.5 Å². The summed E-state index contributed by atoms with van der Waals surface area (Å²) >= 11 is 0. The smallest absolute Gasteiger partial charge is 0.164 e. The first kappa shape index (κ1) is 35.4. The number of hydrogen-bond donors (Lipinski definition) is 0. The highest BCUT2D eigenvalue weighted by molar-refractivity contribution is 6.20. The Balaban J connectivity index is 1.05. The topological polar surface area (TPSA) is 83.0 Å². The third-order valence-corrected chi connectivity index (χ3v) is 13.4. The molecule has 0 aliphatic heterocycles. The molecule has 0 aliphatic rings. The Morgan fingerprint density at radius 3 is 1.58 bits per heavy atom. The van der Waals surface area contributed by atoms with Crippen LogP contribution < -0.4 is 0 Å². The molecule has 306 valence electrons. The summed E-state index contributed by atoms with van der Waals surface area (Å²) in [6, 6.07) is 67.5. The standard InChI is InChI=1S/C59H32N4O3/c1-2-13-35-30-49-44(27-34(35)12-1)40-15-5-8-18-48(40)63(49)38-31-47(55-43-24-21-33-11-3-4-14-39(33)56(43)66-54(55)32-38)59-61-57(36-22-25-52-45(28-36)41-16-6-9-19-50(41)64-52)60-58(62-59)37-23-26-53-46(29-37)42-17-7-10-20-51(42)65-53/h1-32H. The van der Waals surface area contributed by atoms with E-state index in [2.05, 4.69) is 138 Å². The molecular formula is C59H32N4O3. The molecule has 0 bridgehead atoms. The Hall–Kier alpha value is -9.07. The van der Waals surface area contributed by atoms with Crippen LogP contribution in [0.2, 0.25) is 0 Å². The summed E-state index contributed by atoms with van der Waals surface area (Å²) in [5.74, 6) is 1.61. The van der Waals surface area contributed by atoms with Gasteiger partial charge in [0, 0.05) is 71.2 Å². The SMILES string of the molecule is c1ccc2cc3c(cc2c1)c1ccccc1n3-c1cc(-c2nc(-c3ccc4oc5ccccc5c4c3)nc(-c3ccc4oc5ccccc5c4c3)n2)c2c(c1)oc1c3ccccc3ccc12. The van der Waals surface area contributed by atoms with Crippen LogP contribution in [0.4, 0.5) is 0 Å². The Bertz CT molecular complexity index is 4420. The zero-order chi connectivity index (χ0) is 43.0. The molecule has 0 atom stereocenters. The van der Waals surface area contributed by atoms with Crippen LogP contribution in [0.3, 0.4) is 0 Å². The first-order chi connectivity index (χ1) is 32.7. The fraction of sp³-hybridized carbons (Fsp3) is 0. The van der Waals surface area contributed by atoms with Gasteiger partial charge in [-0.2, -0.15) is 0 Å². The quantitative estimate of drug-likeness (QED) is 0.175. The molecule has 5 aromatic heterocycles. The van der Waals surface area contributed by atoms with Crippen molar-refractivity contribution in [3.05, 3.63) is 194 Å². The monoisotopic (exact) mass is 844 g/mol. The summed E-state index contributed by atoms with van der Waals surface area (Å²) in [7, 11) is 0. The Labute approximate surface area is 374 Å². The molecule has 0 fully saturated rings. The van der Waals surface area contributed by atoms with Gasteiger partial charge >= 0.3 is 0 Å². The van der Waals surface area contributed by atoms with Gasteiger partial charge in [-0.25, -0.2) is 15.0 Å². The zero-order valence-electron chi connectivity index (χ0n) is 35.0. The summed E-state index contributed by atoms with van der Waals surface area (Å²) in [6.45, 7) is 0. The molecule has 7 heteroatoms. The largest absolute Gasteiger partial charge is 0.456 e. The van der Waals surface area contributed by atoms with E-state index in [0.717, 1.165) is 110 Å². The highest BCUT2D eigenvalue weighted by Gasteiger charge is 2.23. The minimum Gasteiger partial charge on any atom is -0.456 e. The van der Waals surface area contributed by atoms with Crippen molar-refractivity contribution in [2.24, 2.45) is 0 Å². The molecule has 5 heterocycles. The molecule has 0 amide bonds. The average Bonchev–Trinajstić information content (AvgIpc) is 4.14. The summed E-state index contributed by atoms with van der Waals surface area (Å²) in [4.78, 5) is 16.2. The molecule has 7 nitrogen and oxygen atoms in total. The molecule has 0 N–H and O–H groups in total. The first-order valence-corrected chi connectivity index (χ1v) is 22.1. The van der Waals surface area contributed by atoms with Gasteiger partial charge in [0.05, 0.1) is 16.7 Å². The fourth-order valence-electron chi connectivity index (χ4n) is 10.3. The Morgan fingerprint density at radius 1 is 0.318 bits per heavy atom. The van der Waals surface area contributed by atoms with E-state index < -0.39 is 0 Å². The minimum atomic E-state index is 0.526. The van der Waals surface area contributed by atoms with E-state index in [-0.39, 0.29) is 0 Å². The number of rotatable bonds is 4. The maximum Gasteiger partial charge on any atom is 0.164 e. The van der Waals surface area contributed by atoms with E-state index in [1.165, 1.54) is 21.5 Å². The van der Waals surface area contributed by atoms with Crippen LogP contribution in [0.5, 0.6) is 0 Å². The summed E-state index contributed by atoms with van der Waals surface area (Å²) < 4.78 is 21.9. The van der Waals surface area contributed by atoms with Crippen LogP contribution in [-0.2, 0) is 0 Å². The predicted molar refractivity (Wildman–Crippen MR) is 267 cm³/mol. The summed E-state index contributed by atoms with van der Waals surface area (Å²) in [6.07, 6.45) is 0. The lowest BCUT2D eigenvalue weighted by molar-refractivity contribution is 0.668. The molecule has 0 saturated carbocycles. The number of fused-ring (bicyclic) bond motifs is 15. The second kappa shape index (κ2) is 13.2. The van der Waals surface area contributed by atoms with Crippen molar-refractivity contribution in [1.29, 1.82) is 0 Å². The van der Waals surface area contributed by atoms with Crippen LogP contribution in [0, 0.1) is 0 Å². The predicted octanol–water partition coefficient (Wildman–Crippen LogP) is 16.0. The molecule has 0 radical (unpaired) electrons. The molecule has 15 rings (SSSR count). The number of nitrogens with zero attached hydrogens (tertiary/aromatic N) is 4. The molecule has 0 aliphatic carbocycles. The lowest BCUT2D eigenvalue weighted by atomic mass is 10.0. The second-order valence-corrected chi connectivity index (χ2v) is 17.1. The second-order valence-electron chi connectivity index (χ2n) is 17.1. The van der Waals surface area contributed by atoms with Gasteiger partial charge in [0.2, 0.25) is 0 Å². The molecular weight excluding hydrogens is 813 g/mol. The van der Waals surface area contributed by atoms with Gasteiger partial charge in [0.15, 0.2) is 17.5 Å². The van der Waals surface area contributed by atoms with Gasteiger partial charge in [-0.3, -0.25) is 0 Å². The first-order valence-electron chi connectivity index (χ1n) is 22.1. The van der Waals surface area contributed by atoms with E-state index >= 15 is 0 Å². The van der Waals surface area contributed by atoms with E-state index in [4.69, 9.17) is 28.2 Å². The number of benzene rings is 10. The van der Waals surface area contributed by atoms with E-state index in [9.17, 15) is 0 Å². The highest BCUT2D eigenvalue weighted by Crippen LogP contribution is 2.44. The van der Waals surface area contributed by atoms with Gasteiger partial charge < -0.3 is 17.8 Å². The zero-order valence-corrected chi connectivity index (χ0v) is 35.0. The third-order valence-electron chi connectivity index (χ3n) is 13.4. The van der Waals surface area contributed by atoms with Gasteiger partial charge in [0.25, 0.3) is 0 Å². The van der Waals surface area contributed by atoms with Crippen LogP contribution in [0.1, 0.15) is 0 Å². The fourth-order valence-corrected chi connectivity index (χ4v) is 10.3. The lowest BCUT2D eigenvalue weighted by Crippen LogP contribution is -2.02. The maximum absolute atomic E-state index is 7.05. The third kappa shape index (κ3) is 5.10. The molecule has 0 spiro atoms. The van der Waals surface area contributed by atoms with E-state index in [1.54, 1.807) is 0 Å². The highest BCUT2D eigenvalue weighted by atomic mass is 16.3.